The van der Waals surface area contributed by atoms with Crippen molar-refractivity contribution >= 4 is 5.97 Å². The van der Waals surface area contributed by atoms with Crippen molar-refractivity contribution in [2.24, 2.45) is 5.41 Å². The smallest absolute Gasteiger partial charge is 0.311 e. The summed E-state index contributed by atoms with van der Waals surface area (Å²) in [4.78, 5) is 15.6. The van der Waals surface area contributed by atoms with Crippen LogP contribution in [0.3, 0.4) is 0 Å². The van der Waals surface area contributed by atoms with Crippen molar-refractivity contribution < 1.29 is 9.90 Å². The van der Waals surface area contributed by atoms with Crippen LogP contribution < -0.4 is 0 Å². The summed E-state index contributed by atoms with van der Waals surface area (Å²) in [5.74, 6) is -0.178. The molecule has 21 heavy (non-hydrogen) atoms. The molecule has 1 atom stereocenters. The van der Waals surface area contributed by atoms with Gasteiger partial charge in [-0.05, 0) is 30.2 Å². The van der Waals surface area contributed by atoms with Gasteiger partial charge in [0.2, 0.25) is 0 Å². The van der Waals surface area contributed by atoms with E-state index < -0.39 is 11.4 Å². The molecule has 0 aliphatic heterocycles. The van der Waals surface area contributed by atoms with Crippen molar-refractivity contribution in [3.8, 4) is 0 Å². The second kappa shape index (κ2) is 5.23. The highest BCUT2D eigenvalue weighted by Crippen LogP contribution is 2.40. The van der Waals surface area contributed by atoms with E-state index >= 15 is 0 Å². The molecule has 0 saturated heterocycles. The second-order valence-corrected chi connectivity index (χ2v) is 5.54. The zero-order valence-corrected chi connectivity index (χ0v) is 11.8. The predicted octanol–water partition coefficient (Wildman–Crippen LogP) is 0.519. The van der Waals surface area contributed by atoms with Gasteiger partial charge in [-0.15, -0.1) is 5.10 Å². The number of nitrogens with zero attached hydrogens (tertiary/aromatic N) is 7. The van der Waals surface area contributed by atoms with Crippen LogP contribution in [0.15, 0.2) is 12.7 Å². The first kappa shape index (κ1) is 13.7. The van der Waals surface area contributed by atoms with Crippen LogP contribution in [-0.2, 0) is 11.3 Å². The minimum Gasteiger partial charge on any atom is -0.481 e. The molecule has 0 aromatic carbocycles. The molecule has 1 N–H and O–H groups in total. The van der Waals surface area contributed by atoms with E-state index in [9.17, 15) is 9.90 Å². The summed E-state index contributed by atoms with van der Waals surface area (Å²) < 4.78 is 3.23. The first-order valence-corrected chi connectivity index (χ1v) is 6.96. The number of tetrazole rings is 1. The monoisotopic (exact) mass is 291 g/mol. The lowest BCUT2D eigenvalue weighted by Crippen LogP contribution is -2.34. The molecule has 112 valence electrons. The lowest BCUT2D eigenvalue weighted by atomic mass is 9.86. The van der Waals surface area contributed by atoms with Gasteiger partial charge in [-0.25, -0.2) is 14.3 Å². The van der Waals surface area contributed by atoms with Crippen molar-refractivity contribution in [1.82, 2.24) is 35.0 Å². The fourth-order valence-electron chi connectivity index (χ4n) is 2.94. The van der Waals surface area contributed by atoms with E-state index in [4.69, 9.17) is 0 Å². The number of hydrogen-bond donors (Lipinski definition) is 1. The number of aliphatic carboxylic acids is 1. The van der Waals surface area contributed by atoms with Gasteiger partial charge in [0, 0.05) is 0 Å². The molecule has 1 aliphatic rings. The first-order valence-electron chi connectivity index (χ1n) is 6.96. The van der Waals surface area contributed by atoms with Crippen LogP contribution in [0.4, 0.5) is 0 Å². The molecule has 9 heteroatoms. The maximum atomic E-state index is 11.7. The number of rotatable bonds is 5. The van der Waals surface area contributed by atoms with Gasteiger partial charge in [0.25, 0.3) is 0 Å². The maximum Gasteiger partial charge on any atom is 0.311 e. The Bertz CT molecular complexity index is 615. The van der Waals surface area contributed by atoms with E-state index in [1.54, 1.807) is 15.7 Å². The summed E-state index contributed by atoms with van der Waals surface area (Å²) >= 11 is 0. The summed E-state index contributed by atoms with van der Waals surface area (Å²) in [6.07, 6.45) is 6.23. The fraction of sp³-hybridized carbons (Fsp3) is 0.667. The molecule has 1 saturated carbocycles. The van der Waals surface area contributed by atoms with Crippen LogP contribution in [0.1, 0.15) is 44.5 Å². The molecular weight excluding hydrogens is 274 g/mol. The molecule has 2 heterocycles. The number of carbonyl (C=O) groups is 1. The number of aromatic nitrogens is 7. The third-order valence-corrected chi connectivity index (χ3v) is 4.23. The standard InChI is InChI=1S/C12H17N7O2/c1-9(19-8-13-7-14-19)10-15-16-17-18(10)6-12(11(20)21)4-2-3-5-12/h7-9H,2-6H2,1H3,(H,20,21). The molecule has 2 aromatic heterocycles. The summed E-state index contributed by atoms with van der Waals surface area (Å²) in [6.45, 7) is 2.20. The van der Waals surface area contributed by atoms with Crippen LogP contribution in [0.25, 0.3) is 0 Å². The van der Waals surface area contributed by atoms with E-state index in [0.29, 0.717) is 25.2 Å². The van der Waals surface area contributed by atoms with E-state index in [2.05, 4.69) is 25.6 Å². The van der Waals surface area contributed by atoms with E-state index in [0.717, 1.165) is 12.8 Å². The molecule has 0 radical (unpaired) electrons. The van der Waals surface area contributed by atoms with Crippen molar-refractivity contribution in [2.45, 2.75) is 45.2 Å². The van der Waals surface area contributed by atoms with Crippen molar-refractivity contribution in [1.29, 1.82) is 0 Å². The van der Waals surface area contributed by atoms with Crippen molar-refractivity contribution in [3.63, 3.8) is 0 Å². The highest BCUT2D eigenvalue weighted by molar-refractivity contribution is 5.74. The van der Waals surface area contributed by atoms with Gasteiger partial charge in [0.05, 0.1) is 12.0 Å². The minimum absolute atomic E-state index is 0.199. The Morgan fingerprint density at radius 3 is 2.86 bits per heavy atom. The average molecular weight is 291 g/mol. The van der Waals surface area contributed by atoms with Gasteiger partial charge in [-0.1, -0.05) is 12.8 Å². The van der Waals surface area contributed by atoms with Crippen LogP contribution in [0, 0.1) is 5.41 Å². The highest BCUT2D eigenvalue weighted by Gasteiger charge is 2.42. The Labute approximate surface area is 121 Å². The van der Waals surface area contributed by atoms with Gasteiger partial charge in [-0.2, -0.15) is 5.10 Å². The van der Waals surface area contributed by atoms with Crippen LogP contribution in [-0.4, -0.2) is 46.0 Å². The maximum absolute atomic E-state index is 11.7. The zero-order valence-electron chi connectivity index (χ0n) is 11.8. The summed E-state index contributed by atoms with van der Waals surface area (Å²) in [5, 5.41) is 25.3. The number of carboxylic acids is 1. The normalized spacial score (nSPS) is 18.7. The minimum atomic E-state index is -0.769. The van der Waals surface area contributed by atoms with Crippen LogP contribution in [0.5, 0.6) is 0 Å². The Kier molecular flexibility index (Phi) is 3.40. The third-order valence-electron chi connectivity index (χ3n) is 4.23. The molecule has 9 nitrogen and oxygen atoms in total. The number of hydrogen-bond acceptors (Lipinski definition) is 6. The molecule has 3 rings (SSSR count). The van der Waals surface area contributed by atoms with Crippen molar-refractivity contribution in [2.75, 3.05) is 0 Å². The molecule has 0 amide bonds. The summed E-state index contributed by atoms with van der Waals surface area (Å²) in [6, 6.07) is -0.199. The quantitative estimate of drug-likeness (QED) is 0.854. The fourth-order valence-corrected chi connectivity index (χ4v) is 2.94. The average Bonchev–Trinajstić information content (AvgIpc) is 3.20. The Hall–Kier alpha value is -2.32. The van der Waals surface area contributed by atoms with E-state index in [1.807, 2.05) is 6.92 Å². The van der Waals surface area contributed by atoms with Gasteiger partial charge in [-0.3, -0.25) is 4.79 Å². The molecule has 2 aromatic rings. The van der Waals surface area contributed by atoms with E-state index in [1.165, 1.54) is 6.33 Å². The molecule has 1 unspecified atom stereocenters. The molecule has 1 aliphatic carbocycles. The molecule has 0 bridgehead atoms. The Balaban J connectivity index is 1.87. The lowest BCUT2D eigenvalue weighted by Gasteiger charge is -2.24. The van der Waals surface area contributed by atoms with Crippen LogP contribution >= 0.6 is 0 Å². The Morgan fingerprint density at radius 1 is 1.48 bits per heavy atom. The van der Waals surface area contributed by atoms with Gasteiger partial charge < -0.3 is 5.11 Å². The molecule has 1 fully saturated rings. The van der Waals surface area contributed by atoms with Gasteiger partial charge in [0.15, 0.2) is 5.82 Å². The summed E-state index contributed by atoms with van der Waals surface area (Å²) in [7, 11) is 0. The third kappa shape index (κ3) is 2.39. The van der Waals surface area contributed by atoms with Crippen LogP contribution in [0.2, 0.25) is 0 Å². The lowest BCUT2D eigenvalue weighted by molar-refractivity contribution is -0.149. The summed E-state index contributed by atoms with van der Waals surface area (Å²) in [5.41, 5.74) is -0.758. The molecular formula is C12H17N7O2. The Morgan fingerprint density at radius 2 is 2.24 bits per heavy atom. The number of carboxylic acid groups (broad SMARTS) is 1. The first-order chi connectivity index (χ1) is 10.1. The van der Waals surface area contributed by atoms with Crippen molar-refractivity contribution in [3.05, 3.63) is 18.5 Å². The van der Waals surface area contributed by atoms with Gasteiger partial charge >= 0.3 is 5.97 Å². The topological polar surface area (TPSA) is 112 Å². The largest absolute Gasteiger partial charge is 0.481 e. The SMILES string of the molecule is CC(c1nnnn1CC1(C(=O)O)CCCC1)n1cncn1. The zero-order chi connectivity index (χ0) is 14.9. The predicted molar refractivity (Wildman–Crippen MR) is 70.2 cm³/mol. The van der Waals surface area contributed by atoms with Gasteiger partial charge in [0.1, 0.15) is 18.7 Å². The highest BCUT2D eigenvalue weighted by atomic mass is 16.4. The second-order valence-electron chi connectivity index (χ2n) is 5.54. The molecule has 0 spiro atoms. The van der Waals surface area contributed by atoms with E-state index in [-0.39, 0.29) is 6.04 Å².